The molecule has 2 aromatic carbocycles. The number of anilines is 2. The van der Waals surface area contributed by atoms with E-state index in [-0.39, 0.29) is 6.10 Å². The van der Waals surface area contributed by atoms with Crippen molar-refractivity contribution in [1.82, 2.24) is 9.55 Å². The molecule has 1 atom stereocenters. The molecule has 0 bridgehead atoms. The number of rotatable bonds is 4. The highest BCUT2D eigenvalue weighted by Crippen LogP contribution is 2.23. The second-order valence-electron chi connectivity index (χ2n) is 6.95. The summed E-state index contributed by atoms with van der Waals surface area (Å²) in [5.41, 5.74) is 1.92. The Bertz CT molecular complexity index is 1050. The standard InChI is InChI=1S/C21H22N4O3/c1-14-8-10-15(11-9-14)22-20(26)24-19-17-6-2-3-7-18(17)23-21(27)25(19)13-16-5-4-12-28-16/h2-3,6-11,16H,4-5,12-13H2,1H3,(H2,22,24,26)/t16-/m1/s1. The number of fused-ring (bicyclic) bond motifs is 1. The third-order valence-electron chi connectivity index (χ3n) is 4.83. The fourth-order valence-corrected chi connectivity index (χ4v) is 3.38. The topological polar surface area (TPSA) is 85.3 Å². The Morgan fingerprint density at radius 3 is 2.71 bits per heavy atom. The summed E-state index contributed by atoms with van der Waals surface area (Å²) in [6.45, 7) is 3.03. The van der Waals surface area contributed by atoms with Gasteiger partial charge in [-0.3, -0.25) is 9.88 Å². The summed E-state index contributed by atoms with van der Waals surface area (Å²) in [7, 11) is 0. The summed E-state index contributed by atoms with van der Waals surface area (Å²) < 4.78 is 7.17. The van der Waals surface area contributed by atoms with Gasteiger partial charge in [-0.15, -0.1) is 0 Å². The van der Waals surface area contributed by atoms with Crippen molar-refractivity contribution in [3.05, 3.63) is 64.6 Å². The van der Waals surface area contributed by atoms with Gasteiger partial charge >= 0.3 is 11.7 Å². The van der Waals surface area contributed by atoms with Crippen LogP contribution in [-0.4, -0.2) is 28.3 Å². The number of amides is 2. The van der Waals surface area contributed by atoms with Crippen molar-refractivity contribution in [2.24, 2.45) is 0 Å². The zero-order valence-electron chi connectivity index (χ0n) is 15.6. The van der Waals surface area contributed by atoms with Gasteiger partial charge in [0.25, 0.3) is 0 Å². The number of aryl methyl sites for hydroxylation is 1. The minimum atomic E-state index is -0.416. The molecule has 0 spiro atoms. The number of nitrogens with one attached hydrogen (secondary N) is 2. The van der Waals surface area contributed by atoms with Crippen molar-refractivity contribution in [1.29, 1.82) is 0 Å². The molecule has 1 saturated heterocycles. The van der Waals surface area contributed by atoms with Crippen molar-refractivity contribution in [3.63, 3.8) is 0 Å². The maximum atomic E-state index is 12.6. The van der Waals surface area contributed by atoms with Crippen molar-refractivity contribution in [2.45, 2.75) is 32.4 Å². The largest absolute Gasteiger partial charge is 0.376 e. The number of benzene rings is 2. The van der Waals surface area contributed by atoms with Crippen LogP contribution in [0.1, 0.15) is 18.4 Å². The van der Waals surface area contributed by atoms with Crippen LogP contribution in [0.5, 0.6) is 0 Å². The molecule has 0 aliphatic carbocycles. The van der Waals surface area contributed by atoms with E-state index in [0.717, 1.165) is 18.4 Å². The maximum absolute atomic E-state index is 12.6. The van der Waals surface area contributed by atoms with Crippen molar-refractivity contribution in [3.8, 4) is 0 Å². The normalized spacial score (nSPS) is 16.2. The van der Waals surface area contributed by atoms with E-state index in [1.165, 1.54) is 4.57 Å². The van der Waals surface area contributed by atoms with E-state index in [2.05, 4.69) is 15.6 Å². The summed E-state index contributed by atoms with van der Waals surface area (Å²) in [6.07, 6.45) is 1.80. The Balaban J connectivity index is 1.67. The zero-order valence-corrected chi connectivity index (χ0v) is 15.6. The highest BCUT2D eigenvalue weighted by atomic mass is 16.5. The third-order valence-corrected chi connectivity index (χ3v) is 4.83. The second-order valence-corrected chi connectivity index (χ2v) is 6.95. The maximum Gasteiger partial charge on any atom is 0.349 e. The van der Waals surface area contributed by atoms with Crippen LogP contribution in [-0.2, 0) is 11.3 Å². The molecule has 2 amide bonds. The molecule has 28 heavy (non-hydrogen) atoms. The Morgan fingerprint density at radius 1 is 1.18 bits per heavy atom. The lowest BCUT2D eigenvalue weighted by Crippen LogP contribution is -2.33. The fourth-order valence-electron chi connectivity index (χ4n) is 3.38. The van der Waals surface area contributed by atoms with Crippen LogP contribution in [0.25, 0.3) is 10.9 Å². The molecule has 0 saturated carbocycles. The molecule has 0 radical (unpaired) electrons. The molecule has 1 aromatic heterocycles. The van der Waals surface area contributed by atoms with E-state index in [9.17, 15) is 9.59 Å². The van der Waals surface area contributed by atoms with Gasteiger partial charge in [-0.25, -0.2) is 9.59 Å². The molecule has 1 aliphatic heterocycles. The van der Waals surface area contributed by atoms with E-state index in [1.54, 1.807) is 6.07 Å². The van der Waals surface area contributed by atoms with Crippen LogP contribution in [0.3, 0.4) is 0 Å². The number of hydrogen-bond donors (Lipinski definition) is 2. The van der Waals surface area contributed by atoms with E-state index < -0.39 is 11.7 Å². The minimum absolute atomic E-state index is 0.0543. The number of nitrogens with zero attached hydrogens (tertiary/aromatic N) is 2. The monoisotopic (exact) mass is 378 g/mol. The number of urea groups is 1. The summed E-state index contributed by atoms with van der Waals surface area (Å²) in [6, 6.07) is 14.4. The van der Waals surface area contributed by atoms with Crippen LogP contribution < -0.4 is 16.3 Å². The van der Waals surface area contributed by atoms with Crippen LogP contribution >= 0.6 is 0 Å². The van der Waals surface area contributed by atoms with Gasteiger partial charge in [0, 0.05) is 17.7 Å². The summed E-state index contributed by atoms with van der Waals surface area (Å²) in [5, 5.41) is 6.36. The van der Waals surface area contributed by atoms with Crippen LogP contribution in [0, 0.1) is 6.92 Å². The number of carbonyl (C=O) groups excluding carboxylic acids is 1. The molecule has 2 N–H and O–H groups in total. The van der Waals surface area contributed by atoms with Gasteiger partial charge in [-0.2, -0.15) is 4.98 Å². The summed E-state index contributed by atoms with van der Waals surface area (Å²) >= 11 is 0. The molecule has 2 heterocycles. The van der Waals surface area contributed by atoms with Gasteiger partial charge in [-0.05, 0) is 44.0 Å². The number of aromatic nitrogens is 2. The first-order valence-corrected chi connectivity index (χ1v) is 9.36. The fraction of sp³-hybridized carbons (Fsp3) is 0.286. The van der Waals surface area contributed by atoms with E-state index in [4.69, 9.17) is 4.74 Å². The van der Waals surface area contributed by atoms with Gasteiger partial charge in [0.1, 0.15) is 5.82 Å². The molecule has 7 heteroatoms. The molecular weight excluding hydrogens is 356 g/mol. The molecule has 4 rings (SSSR count). The molecule has 1 fully saturated rings. The predicted molar refractivity (Wildman–Crippen MR) is 109 cm³/mol. The summed E-state index contributed by atoms with van der Waals surface area (Å²) in [5.74, 6) is 0.427. The number of hydrogen-bond acceptors (Lipinski definition) is 4. The first kappa shape index (κ1) is 18.2. The Hall–Kier alpha value is -3.19. The van der Waals surface area contributed by atoms with E-state index in [0.29, 0.717) is 35.6 Å². The van der Waals surface area contributed by atoms with Crippen molar-refractivity contribution in [2.75, 3.05) is 17.2 Å². The average Bonchev–Trinajstić information content (AvgIpc) is 3.19. The molecule has 1 aliphatic rings. The molecule has 144 valence electrons. The SMILES string of the molecule is Cc1ccc(NC(=O)Nc2c3ccccc3nc(=O)n2C[C@H]2CCCO2)cc1. The Kier molecular flexibility index (Phi) is 5.08. The molecular formula is C21H22N4O3. The van der Waals surface area contributed by atoms with Crippen molar-refractivity contribution >= 4 is 28.4 Å². The smallest absolute Gasteiger partial charge is 0.349 e. The minimum Gasteiger partial charge on any atom is -0.376 e. The highest BCUT2D eigenvalue weighted by molar-refractivity contribution is 6.04. The summed E-state index contributed by atoms with van der Waals surface area (Å²) in [4.78, 5) is 29.4. The lowest BCUT2D eigenvalue weighted by atomic mass is 10.2. The number of para-hydroxylation sites is 1. The second kappa shape index (κ2) is 7.82. The first-order valence-electron chi connectivity index (χ1n) is 9.36. The Labute approximate surface area is 162 Å². The van der Waals surface area contributed by atoms with Crippen LogP contribution in [0.15, 0.2) is 53.3 Å². The predicted octanol–water partition coefficient (Wildman–Crippen LogP) is 3.53. The number of ether oxygens (including phenoxy) is 1. The molecule has 0 unspecified atom stereocenters. The van der Waals surface area contributed by atoms with E-state index >= 15 is 0 Å². The zero-order chi connectivity index (χ0) is 19.5. The van der Waals surface area contributed by atoms with Gasteiger partial charge in [0.15, 0.2) is 0 Å². The average molecular weight is 378 g/mol. The number of carbonyl (C=O) groups is 1. The van der Waals surface area contributed by atoms with Crippen molar-refractivity contribution < 1.29 is 9.53 Å². The molecule has 7 nitrogen and oxygen atoms in total. The first-order chi connectivity index (χ1) is 13.6. The lowest BCUT2D eigenvalue weighted by molar-refractivity contribution is 0.0964. The van der Waals surface area contributed by atoms with Gasteiger partial charge in [0.2, 0.25) is 0 Å². The highest BCUT2D eigenvalue weighted by Gasteiger charge is 2.21. The quantitative estimate of drug-likeness (QED) is 0.727. The van der Waals surface area contributed by atoms with Crippen LogP contribution in [0.4, 0.5) is 16.3 Å². The molecule has 3 aromatic rings. The van der Waals surface area contributed by atoms with Gasteiger partial charge < -0.3 is 10.1 Å². The van der Waals surface area contributed by atoms with E-state index in [1.807, 2.05) is 49.4 Å². The van der Waals surface area contributed by atoms with Gasteiger partial charge in [0.05, 0.1) is 18.2 Å². The van der Waals surface area contributed by atoms with Crippen LogP contribution in [0.2, 0.25) is 0 Å². The third kappa shape index (κ3) is 3.89. The van der Waals surface area contributed by atoms with Gasteiger partial charge in [-0.1, -0.05) is 29.8 Å². The Morgan fingerprint density at radius 2 is 1.96 bits per heavy atom. The lowest BCUT2D eigenvalue weighted by Gasteiger charge is -2.18.